The number of rotatable bonds is 8. The molecule has 0 aromatic carbocycles. The number of allylic oxidation sites excluding steroid dienone is 1. The molecule has 18 heavy (non-hydrogen) atoms. The first-order valence-corrected chi connectivity index (χ1v) is 6.79. The molecule has 2 unspecified atom stereocenters. The fraction of sp³-hybridized carbons (Fsp3) is 0.786. The first-order valence-electron chi connectivity index (χ1n) is 6.79. The highest BCUT2D eigenvalue weighted by Gasteiger charge is 2.22. The summed E-state index contributed by atoms with van der Waals surface area (Å²) in [7, 11) is 0. The largest absolute Gasteiger partial charge is 0.466 e. The van der Waals surface area contributed by atoms with Crippen molar-refractivity contribution >= 4 is 5.97 Å². The molecule has 4 heteroatoms. The van der Waals surface area contributed by atoms with E-state index in [2.05, 4.69) is 6.58 Å². The van der Waals surface area contributed by atoms with Gasteiger partial charge in [0, 0.05) is 6.61 Å². The third-order valence-corrected chi connectivity index (χ3v) is 2.87. The molecule has 1 fully saturated rings. The molecule has 0 radical (unpaired) electrons. The lowest BCUT2D eigenvalue weighted by Gasteiger charge is -2.27. The Morgan fingerprint density at radius 3 is 3.00 bits per heavy atom. The monoisotopic (exact) mass is 256 g/mol. The summed E-state index contributed by atoms with van der Waals surface area (Å²) in [5.41, 5.74) is 0. The van der Waals surface area contributed by atoms with Crippen LogP contribution in [0.25, 0.3) is 0 Å². The summed E-state index contributed by atoms with van der Waals surface area (Å²) in [6, 6.07) is 0. The molecule has 4 nitrogen and oxygen atoms in total. The predicted octanol–water partition coefficient (Wildman–Crippen LogP) is 2.82. The molecule has 0 aliphatic carbocycles. The minimum Gasteiger partial charge on any atom is -0.466 e. The summed E-state index contributed by atoms with van der Waals surface area (Å²) >= 11 is 0. The highest BCUT2D eigenvalue weighted by atomic mass is 16.7. The van der Waals surface area contributed by atoms with Crippen LogP contribution in [0.2, 0.25) is 0 Å². The van der Waals surface area contributed by atoms with Gasteiger partial charge in [0.25, 0.3) is 0 Å². The highest BCUT2D eigenvalue weighted by molar-refractivity contribution is 5.69. The standard InChI is InChI=1S/C14H24O4/c1-3-5-8-12(11-13(15)16-4-2)18-14-9-6-7-10-17-14/h3,12,14H,1,4-11H2,2H3. The third kappa shape index (κ3) is 6.17. The molecule has 0 aromatic rings. The predicted molar refractivity (Wildman–Crippen MR) is 69.1 cm³/mol. The molecular weight excluding hydrogens is 232 g/mol. The minimum atomic E-state index is -0.206. The fourth-order valence-electron chi connectivity index (χ4n) is 1.96. The highest BCUT2D eigenvalue weighted by Crippen LogP contribution is 2.19. The van der Waals surface area contributed by atoms with Crippen LogP contribution in [-0.4, -0.2) is 31.6 Å². The van der Waals surface area contributed by atoms with Gasteiger partial charge in [0.1, 0.15) is 0 Å². The normalized spacial score (nSPS) is 21.3. The van der Waals surface area contributed by atoms with Crippen molar-refractivity contribution < 1.29 is 19.0 Å². The molecule has 0 bridgehead atoms. The zero-order valence-electron chi connectivity index (χ0n) is 11.2. The molecule has 0 amide bonds. The maximum Gasteiger partial charge on any atom is 0.308 e. The molecular formula is C14H24O4. The van der Waals surface area contributed by atoms with Gasteiger partial charge in [0.05, 0.1) is 19.1 Å². The van der Waals surface area contributed by atoms with Crippen LogP contribution in [0.1, 0.15) is 45.4 Å². The van der Waals surface area contributed by atoms with Crippen molar-refractivity contribution in [2.75, 3.05) is 13.2 Å². The van der Waals surface area contributed by atoms with Gasteiger partial charge in [-0.05, 0) is 39.0 Å². The van der Waals surface area contributed by atoms with E-state index in [1.165, 1.54) is 0 Å². The Morgan fingerprint density at radius 1 is 1.56 bits per heavy atom. The molecule has 104 valence electrons. The van der Waals surface area contributed by atoms with E-state index in [-0.39, 0.29) is 18.4 Å². The van der Waals surface area contributed by atoms with Gasteiger partial charge in [-0.3, -0.25) is 4.79 Å². The van der Waals surface area contributed by atoms with Gasteiger partial charge >= 0.3 is 5.97 Å². The van der Waals surface area contributed by atoms with Crippen molar-refractivity contribution in [3.05, 3.63) is 12.7 Å². The fourth-order valence-corrected chi connectivity index (χ4v) is 1.96. The van der Waals surface area contributed by atoms with Gasteiger partial charge in [-0.25, -0.2) is 0 Å². The summed E-state index contributed by atoms with van der Waals surface area (Å²) in [6.07, 6.45) is 6.57. The van der Waals surface area contributed by atoms with Crippen LogP contribution in [0.15, 0.2) is 12.7 Å². The molecule has 1 aliphatic rings. The van der Waals surface area contributed by atoms with Crippen molar-refractivity contribution in [3.63, 3.8) is 0 Å². The number of carbonyl (C=O) groups excluding carboxylic acids is 1. The lowest BCUT2D eigenvalue weighted by Crippen LogP contribution is -2.29. The maximum absolute atomic E-state index is 11.5. The van der Waals surface area contributed by atoms with E-state index in [0.29, 0.717) is 13.0 Å². The molecule has 1 heterocycles. The molecule has 1 aliphatic heterocycles. The van der Waals surface area contributed by atoms with Crippen LogP contribution >= 0.6 is 0 Å². The van der Waals surface area contributed by atoms with Crippen LogP contribution in [0.4, 0.5) is 0 Å². The SMILES string of the molecule is C=CCCC(CC(=O)OCC)OC1CCCCO1. The zero-order chi connectivity index (χ0) is 13.2. The second-order valence-electron chi connectivity index (χ2n) is 4.43. The minimum absolute atomic E-state index is 0.134. The van der Waals surface area contributed by atoms with Crippen LogP contribution in [0.5, 0.6) is 0 Å². The topological polar surface area (TPSA) is 44.8 Å². The Hall–Kier alpha value is -0.870. The number of hydrogen-bond donors (Lipinski definition) is 0. The number of ether oxygens (including phenoxy) is 3. The molecule has 1 rings (SSSR count). The Balaban J connectivity index is 2.37. The Kier molecular flexibility index (Phi) is 7.69. The van der Waals surface area contributed by atoms with Crippen LogP contribution in [0, 0.1) is 0 Å². The van der Waals surface area contributed by atoms with Gasteiger partial charge in [-0.15, -0.1) is 6.58 Å². The summed E-state index contributed by atoms with van der Waals surface area (Å²) in [5, 5.41) is 0. The van der Waals surface area contributed by atoms with E-state index in [1.807, 2.05) is 13.0 Å². The Bertz CT molecular complexity index is 246. The molecule has 1 saturated heterocycles. The Morgan fingerprint density at radius 2 is 2.39 bits per heavy atom. The summed E-state index contributed by atoms with van der Waals surface area (Å²) < 4.78 is 16.3. The van der Waals surface area contributed by atoms with Crippen LogP contribution < -0.4 is 0 Å². The van der Waals surface area contributed by atoms with Crippen molar-refractivity contribution in [2.24, 2.45) is 0 Å². The Labute approximate surface area is 109 Å². The van der Waals surface area contributed by atoms with E-state index >= 15 is 0 Å². The zero-order valence-corrected chi connectivity index (χ0v) is 11.2. The van der Waals surface area contributed by atoms with E-state index in [0.717, 1.165) is 38.7 Å². The average molecular weight is 256 g/mol. The van der Waals surface area contributed by atoms with E-state index in [1.54, 1.807) is 0 Å². The quantitative estimate of drug-likeness (QED) is 0.495. The summed E-state index contributed by atoms with van der Waals surface area (Å²) in [5.74, 6) is -0.206. The average Bonchev–Trinajstić information content (AvgIpc) is 2.37. The van der Waals surface area contributed by atoms with Gasteiger partial charge in [-0.2, -0.15) is 0 Å². The first-order chi connectivity index (χ1) is 8.76. The van der Waals surface area contributed by atoms with E-state index < -0.39 is 0 Å². The molecule has 0 aromatic heterocycles. The number of hydrogen-bond acceptors (Lipinski definition) is 4. The second-order valence-corrected chi connectivity index (χ2v) is 4.43. The van der Waals surface area contributed by atoms with Crippen LogP contribution in [-0.2, 0) is 19.0 Å². The summed E-state index contributed by atoms with van der Waals surface area (Å²) in [4.78, 5) is 11.5. The molecule has 0 spiro atoms. The summed E-state index contributed by atoms with van der Waals surface area (Å²) in [6.45, 7) is 6.66. The lowest BCUT2D eigenvalue weighted by molar-refractivity contribution is -0.193. The van der Waals surface area contributed by atoms with Gasteiger partial charge < -0.3 is 14.2 Å². The van der Waals surface area contributed by atoms with Crippen molar-refractivity contribution in [2.45, 2.75) is 57.8 Å². The van der Waals surface area contributed by atoms with Crippen molar-refractivity contribution in [1.82, 2.24) is 0 Å². The molecule has 0 saturated carbocycles. The number of carbonyl (C=O) groups is 1. The van der Waals surface area contributed by atoms with Crippen LogP contribution in [0.3, 0.4) is 0 Å². The lowest BCUT2D eigenvalue weighted by atomic mass is 10.1. The maximum atomic E-state index is 11.5. The smallest absolute Gasteiger partial charge is 0.308 e. The van der Waals surface area contributed by atoms with Gasteiger partial charge in [0.2, 0.25) is 0 Å². The van der Waals surface area contributed by atoms with E-state index in [9.17, 15) is 4.79 Å². The first kappa shape index (κ1) is 15.2. The van der Waals surface area contributed by atoms with E-state index in [4.69, 9.17) is 14.2 Å². The number of esters is 1. The van der Waals surface area contributed by atoms with Crippen molar-refractivity contribution in [3.8, 4) is 0 Å². The molecule has 0 N–H and O–H groups in total. The second kappa shape index (κ2) is 9.11. The molecule has 2 atom stereocenters. The van der Waals surface area contributed by atoms with Crippen molar-refractivity contribution in [1.29, 1.82) is 0 Å². The third-order valence-electron chi connectivity index (χ3n) is 2.87. The van der Waals surface area contributed by atoms with Gasteiger partial charge in [0.15, 0.2) is 6.29 Å². The van der Waals surface area contributed by atoms with Gasteiger partial charge in [-0.1, -0.05) is 6.08 Å².